The van der Waals surface area contributed by atoms with Gasteiger partial charge in [0, 0.05) is 5.69 Å². The molecule has 0 radical (unpaired) electrons. The number of fused-ring (bicyclic) bond motifs is 2. The van der Waals surface area contributed by atoms with Crippen LogP contribution in [0.2, 0.25) is 0 Å². The third kappa shape index (κ3) is 5.94. The van der Waals surface area contributed by atoms with Gasteiger partial charge in [0.15, 0.2) is 0 Å². The Labute approximate surface area is 240 Å². The van der Waals surface area contributed by atoms with Gasteiger partial charge < -0.3 is 9.66 Å². The molecule has 0 fully saturated rings. The van der Waals surface area contributed by atoms with E-state index in [9.17, 15) is 18.1 Å². The average Bonchev–Trinajstić information content (AvgIpc) is 2.66. The van der Waals surface area contributed by atoms with Crippen molar-refractivity contribution in [1.29, 1.82) is 0 Å². The molecule has 0 saturated carbocycles. The number of azo groups is 1. The first-order chi connectivity index (χ1) is 12.9. The predicted molar refractivity (Wildman–Crippen MR) is 99.4 cm³/mol. The zero-order valence-corrected chi connectivity index (χ0v) is 23.6. The molecule has 0 amide bonds. The normalized spacial score (nSPS) is 11.0. The van der Waals surface area contributed by atoms with Crippen LogP contribution in [0.1, 0.15) is 0 Å². The number of nitrogens with zero attached hydrogens (tertiary/aromatic N) is 2. The average molecular weight is 444 g/mol. The molecule has 0 bridgehead atoms. The minimum absolute atomic E-state index is 0. The van der Waals surface area contributed by atoms with Gasteiger partial charge in [-0.2, -0.15) is 10.2 Å². The third-order valence-corrected chi connectivity index (χ3v) is 4.89. The second-order valence-corrected chi connectivity index (χ2v) is 7.18. The molecule has 30 heavy (non-hydrogen) atoms. The predicted octanol–water partition coefficient (Wildman–Crippen LogP) is -4.37. The van der Waals surface area contributed by atoms with Crippen LogP contribution in [-0.2, 0) is 10.1 Å². The van der Waals surface area contributed by atoms with Gasteiger partial charge in [-0.05, 0) is 11.0 Å². The fourth-order valence-electron chi connectivity index (χ4n) is 2.78. The molecule has 4 aromatic rings. The number of benzene rings is 4. The summed E-state index contributed by atoms with van der Waals surface area (Å²) in [4.78, 5) is -0.395. The maximum absolute atomic E-state index is 11.2. The smallest absolute Gasteiger partial charge is 0.752 e. The summed E-state index contributed by atoms with van der Waals surface area (Å²) >= 11 is 0. The number of hydrogen-bond acceptors (Lipinski definition) is 6. The molecule has 4 aromatic carbocycles. The Kier molecular flexibility index (Phi) is 10.7. The van der Waals surface area contributed by atoms with Crippen molar-refractivity contribution in [3.05, 3.63) is 72.8 Å². The molecule has 0 saturated heterocycles. The Morgan fingerprint density at radius 2 is 1.67 bits per heavy atom. The van der Waals surface area contributed by atoms with Crippen LogP contribution >= 0.6 is 0 Å². The monoisotopic (exact) mass is 444 g/mol. The van der Waals surface area contributed by atoms with Gasteiger partial charge in [-0.3, -0.25) is 0 Å². The topological polar surface area (TPSA) is 102 Å². The molecular formula is C20H11N2Na3O4S. The number of hydrogen-bond donors (Lipinski definition) is 1. The summed E-state index contributed by atoms with van der Waals surface area (Å²) in [7, 11) is -4.60. The maximum Gasteiger partial charge on any atom is 1.00 e. The quantitative estimate of drug-likeness (QED) is 0.149. The van der Waals surface area contributed by atoms with Crippen molar-refractivity contribution in [2.75, 3.05) is 0 Å². The Morgan fingerprint density at radius 3 is 2.40 bits per heavy atom. The summed E-state index contributed by atoms with van der Waals surface area (Å²) in [5, 5.41) is 21.1. The van der Waals surface area contributed by atoms with Gasteiger partial charge in [0.05, 0.1) is 15.8 Å². The zero-order valence-electron chi connectivity index (χ0n) is 16.7. The molecule has 4 rings (SSSR count). The molecule has 0 spiro atoms. The number of phenolic OH excluding ortho intramolecular Hbond substituents is 1. The molecular weight excluding hydrogens is 433 g/mol. The molecule has 134 valence electrons. The van der Waals surface area contributed by atoms with Gasteiger partial charge in [-0.25, -0.2) is 8.42 Å². The van der Waals surface area contributed by atoms with Crippen molar-refractivity contribution in [1.82, 2.24) is 0 Å². The molecule has 0 heterocycles. The molecule has 0 unspecified atom stereocenters. The van der Waals surface area contributed by atoms with Crippen molar-refractivity contribution in [2.24, 2.45) is 10.2 Å². The van der Waals surface area contributed by atoms with Crippen LogP contribution in [0.5, 0.6) is 5.75 Å². The van der Waals surface area contributed by atoms with E-state index in [0.29, 0.717) is 16.5 Å². The summed E-state index contributed by atoms with van der Waals surface area (Å²) in [6.45, 7) is 0. The maximum atomic E-state index is 11.2. The molecule has 1 N–H and O–H groups in total. The van der Waals surface area contributed by atoms with Crippen LogP contribution in [0.3, 0.4) is 0 Å². The van der Waals surface area contributed by atoms with Gasteiger partial charge in [0.25, 0.3) is 0 Å². The van der Waals surface area contributed by atoms with Crippen molar-refractivity contribution in [3.8, 4) is 5.75 Å². The molecule has 0 aliphatic heterocycles. The van der Waals surface area contributed by atoms with E-state index in [2.05, 4.69) is 22.4 Å². The third-order valence-electron chi connectivity index (χ3n) is 4.07. The van der Waals surface area contributed by atoms with Gasteiger partial charge >= 0.3 is 88.7 Å². The molecule has 10 heteroatoms. The summed E-state index contributed by atoms with van der Waals surface area (Å²) in [5.41, 5.74) is 0.735. The van der Waals surface area contributed by atoms with E-state index in [1.54, 1.807) is 12.1 Å². The van der Waals surface area contributed by atoms with Gasteiger partial charge in [0.1, 0.15) is 5.75 Å². The molecule has 0 aliphatic rings. The van der Waals surface area contributed by atoms with Gasteiger partial charge in [0.2, 0.25) is 0 Å². The molecule has 6 nitrogen and oxygen atoms in total. The van der Waals surface area contributed by atoms with Crippen molar-refractivity contribution in [3.63, 3.8) is 0 Å². The Morgan fingerprint density at radius 1 is 0.933 bits per heavy atom. The first kappa shape index (κ1) is 27.7. The summed E-state index contributed by atoms with van der Waals surface area (Å²) in [5.74, 6) is -0.132. The largest absolute Gasteiger partial charge is 1.00 e. The summed E-state index contributed by atoms with van der Waals surface area (Å²) < 4.78 is 33.6. The fraction of sp³-hybridized carbons (Fsp3) is 0. The Hall–Kier alpha value is -0.290. The van der Waals surface area contributed by atoms with Crippen LogP contribution < -0.4 is 88.7 Å². The van der Waals surface area contributed by atoms with E-state index in [-0.39, 0.29) is 100 Å². The zero-order chi connectivity index (χ0) is 19.0. The first-order valence-corrected chi connectivity index (χ1v) is 9.29. The van der Waals surface area contributed by atoms with Crippen LogP contribution in [0.15, 0.2) is 75.8 Å². The van der Waals surface area contributed by atoms with Crippen LogP contribution in [0.4, 0.5) is 11.4 Å². The molecule has 0 aliphatic carbocycles. The van der Waals surface area contributed by atoms with E-state index in [1.165, 1.54) is 18.2 Å². The minimum Gasteiger partial charge on any atom is -0.752 e. The Balaban J connectivity index is 0.00000150. The summed E-state index contributed by atoms with van der Waals surface area (Å²) in [6, 6.07) is 22.0. The van der Waals surface area contributed by atoms with Gasteiger partial charge in [-0.1, -0.05) is 23.6 Å². The van der Waals surface area contributed by atoms with E-state index in [1.807, 2.05) is 24.3 Å². The van der Waals surface area contributed by atoms with E-state index in [0.717, 1.165) is 16.8 Å². The van der Waals surface area contributed by atoms with Gasteiger partial charge in [-0.15, -0.1) is 64.7 Å². The van der Waals surface area contributed by atoms with Crippen molar-refractivity contribution < 1.29 is 107 Å². The number of phenols is 1. The second-order valence-electron chi connectivity index (χ2n) is 5.80. The first-order valence-electron chi connectivity index (χ1n) is 7.88. The van der Waals surface area contributed by atoms with Crippen molar-refractivity contribution in [2.45, 2.75) is 4.90 Å². The number of rotatable bonds is 3. The van der Waals surface area contributed by atoms with Crippen LogP contribution in [0, 0.1) is 12.1 Å². The minimum atomic E-state index is -4.60. The van der Waals surface area contributed by atoms with E-state index < -0.39 is 15.0 Å². The van der Waals surface area contributed by atoms with E-state index in [4.69, 9.17) is 0 Å². The molecule has 0 atom stereocenters. The number of aromatic hydroxyl groups is 1. The molecule has 0 aromatic heterocycles. The summed E-state index contributed by atoms with van der Waals surface area (Å²) in [6.07, 6.45) is 0. The van der Waals surface area contributed by atoms with Crippen molar-refractivity contribution >= 4 is 43.0 Å². The Bertz CT molecular complexity index is 1320. The second kappa shape index (κ2) is 11.5. The van der Waals surface area contributed by atoms with E-state index >= 15 is 0 Å². The SMILES string of the molecule is O=S(=O)([O-])c1c[c-]c2c(N=Nc3cc[c-]c4ccccc34)c(O)ccc2c1.[Na+].[Na+].[Na+]. The van der Waals surface area contributed by atoms with Crippen LogP contribution in [0.25, 0.3) is 21.5 Å². The fourth-order valence-corrected chi connectivity index (χ4v) is 3.25. The van der Waals surface area contributed by atoms with Crippen LogP contribution in [-0.4, -0.2) is 18.1 Å². The standard InChI is InChI=1S/C20H12N2O4S.3Na/c23-19-11-8-14-12-15(27(24,25)26)9-10-17(14)20(19)22-21-18-7-3-5-13-4-1-2-6-16(13)18;;;/h1-4,6-9,11-12,23H,(H,24,25,26);;;/q-2;3*+1/p-1.